The summed E-state index contributed by atoms with van der Waals surface area (Å²) >= 11 is 5.78. The number of aryl methyl sites for hydroxylation is 1. The van der Waals surface area contributed by atoms with E-state index in [4.69, 9.17) is 16.3 Å². The molecule has 0 saturated heterocycles. The summed E-state index contributed by atoms with van der Waals surface area (Å²) in [4.78, 5) is 33.9. The summed E-state index contributed by atoms with van der Waals surface area (Å²) in [5.41, 5.74) is 3.46. The lowest BCUT2D eigenvalue weighted by atomic mass is 10.0. The first kappa shape index (κ1) is 15.4. The van der Waals surface area contributed by atoms with Crippen LogP contribution in [0.25, 0.3) is 0 Å². The molecule has 3 rings (SSSR count). The number of carbonyl (C=O) groups is 2. The van der Waals surface area contributed by atoms with E-state index in [0.29, 0.717) is 23.5 Å². The molecule has 0 atom stereocenters. The van der Waals surface area contributed by atoms with E-state index in [-0.39, 0.29) is 17.6 Å². The van der Waals surface area contributed by atoms with E-state index in [1.165, 1.54) is 7.11 Å². The molecule has 0 bridgehead atoms. The first-order chi connectivity index (χ1) is 11.0. The van der Waals surface area contributed by atoms with Crippen LogP contribution in [-0.4, -0.2) is 29.0 Å². The molecule has 0 spiro atoms. The number of hydrogen-bond donors (Lipinski definition) is 0. The SMILES string of the molecule is COC(=O)c1ccc(C)c(N2Cc3cnc(Cl)nc3CC2=O)c1. The van der Waals surface area contributed by atoms with Gasteiger partial charge >= 0.3 is 5.97 Å². The highest BCUT2D eigenvalue weighted by molar-refractivity contribution is 6.28. The van der Waals surface area contributed by atoms with Crippen LogP contribution in [0, 0.1) is 6.92 Å². The number of hydrogen-bond acceptors (Lipinski definition) is 5. The number of nitrogens with zero attached hydrogens (tertiary/aromatic N) is 3. The van der Waals surface area contributed by atoms with Crippen LogP contribution in [0.2, 0.25) is 5.28 Å². The van der Waals surface area contributed by atoms with Gasteiger partial charge in [-0.15, -0.1) is 0 Å². The van der Waals surface area contributed by atoms with E-state index in [1.54, 1.807) is 29.3 Å². The second-order valence-electron chi connectivity index (χ2n) is 5.26. The number of aromatic nitrogens is 2. The van der Waals surface area contributed by atoms with Crippen LogP contribution in [0.3, 0.4) is 0 Å². The molecular formula is C16H14ClN3O3. The number of benzene rings is 1. The van der Waals surface area contributed by atoms with Crippen LogP contribution >= 0.6 is 11.6 Å². The number of methoxy groups -OCH3 is 1. The maximum atomic E-state index is 12.5. The van der Waals surface area contributed by atoms with E-state index in [0.717, 1.165) is 11.1 Å². The molecule has 2 aromatic rings. The summed E-state index contributed by atoms with van der Waals surface area (Å²) in [7, 11) is 1.32. The van der Waals surface area contributed by atoms with Crippen LogP contribution in [0.1, 0.15) is 27.2 Å². The quantitative estimate of drug-likeness (QED) is 0.623. The summed E-state index contributed by atoms with van der Waals surface area (Å²) in [6.07, 6.45) is 1.78. The Morgan fingerprint density at radius 3 is 2.91 bits per heavy atom. The lowest BCUT2D eigenvalue weighted by Crippen LogP contribution is -2.37. The fraction of sp³-hybridized carbons (Fsp3) is 0.250. The molecule has 0 saturated carbocycles. The van der Waals surface area contributed by atoms with E-state index in [2.05, 4.69) is 9.97 Å². The Morgan fingerprint density at radius 2 is 2.17 bits per heavy atom. The number of ether oxygens (including phenoxy) is 1. The number of halogens is 1. The van der Waals surface area contributed by atoms with Crippen molar-refractivity contribution in [2.24, 2.45) is 0 Å². The Labute approximate surface area is 138 Å². The summed E-state index contributed by atoms with van der Waals surface area (Å²) in [5.74, 6) is -0.538. The molecule has 1 aliphatic heterocycles. The Kier molecular flexibility index (Phi) is 4.00. The Morgan fingerprint density at radius 1 is 1.39 bits per heavy atom. The van der Waals surface area contributed by atoms with Crippen molar-refractivity contribution in [2.75, 3.05) is 12.0 Å². The summed E-state index contributed by atoms with van der Waals surface area (Å²) in [5, 5.41) is 0.133. The Balaban J connectivity index is 2.00. The second kappa shape index (κ2) is 5.96. The highest BCUT2D eigenvalue weighted by atomic mass is 35.5. The van der Waals surface area contributed by atoms with Gasteiger partial charge in [0.05, 0.1) is 31.3 Å². The van der Waals surface area contributed by atoms with Crippen LogP contribution in [0.4, 0.5) is 5.69 Å². The van der Waals surface area contributed by atoms with Crippen molar-refractivity contribution in [3.05, 3.63) is 52.1 Å². The molecule has 1 aliphatic rings. The molecule has 0 unspecified atom stereocenters. The number of rotatable bonds is 2. The van der Waals surface area contributed by atoms with Crippen LogP contribution in [0.15, 0.2) is 24.4 Å². The predicted molar refractivity (Wildman–Crippen MR) is 84.5 cm³/mol. The van der Waals surface area contributed by atoms with Gasteiger partial charge in [0.2, 0.25) is 11.2 Å². The first-order valence-corrected chi connectivity index (χ1v) is 7.37. The molecule has 0 N–H and O–H groups in total. The average molecular weight is 332 g/mol. The van der Waals surface area contributed by atoms with Gasteiger partial charge in [0.1, 0.15) is 0 Å². The molecule has 23 heavy (non-hydrogen) atoms. The molecule has 7 heteroatoms. The van der Waals surface area contributed by atoms with Crippen LogP contribution in [-0.2, 0) is 22.5 Å². The zero-order valence-corrected chi connectivity index (χ0v) is 13.4. The molecule has 0 fully saturated rings. The topological polar surface area (TPSA) is 72.4 Å². The highest BCUT2D eigenvalue weighted by Gasteiger charge is 2.27. The highest BCUT2D eigenvalue weighted by Crippen LogP contribution is 2.28. The van der Waals surface area contributed by atoms with Crippen molar-refractivity contribution in [1.82, 2.24) is 9.97 Å². The van der Waals surface area contributed by atoms with E-state index in [1.807, 2.05) is 6.92 Å². The zero-order valence-electron chi connectivity index (χ0n) is 12.7. The van der Waals surface area contributed by atoms with Gasteiger partial charge < -0.3 is 9.64 Å². The van der Waals surface area contributed by atoms with Gasteiger partial charge in [-0.3, -0.25) is 4.79 Å². The van der Waals surface area contributed by atoms with Crippen molar-refractivity contribution in [1.29, 1.82) is 0 Å². The van der Waals surface area contributed by atoms with Crippen molar-refractivity contribution in [3.8, 4) is 0 Å². The number of anilines is 1. The minimum atomic E-state index is -0.439. The number of amides is 1. The minimum Gasteiger partial charge on any atom is -0.465 e. The fourth-order valence-electron chi connectivity index (χ4n) is 2.56. The largest absolute Gasteiger partial charge is 0.465 e. The minimum absolute atomic E-state index is 0.0996. The molecule has 6 nitrogen and oxygen atoms in total. The number of esters is 1. The van der Waals surface area contributed by atoms with Crippen molar-refractivity contribution >= 4 is 29.2 Å². The molecule has 1 aromatic carbocycles. The van der Waals surface area contributed by atoms with E-state index < -0.39 is 5.97 Å². The second-order valence-corrected chi connectivity index (χ2v) is 5.60. The third kappa shape index (κ3) is 2.90. The summed E-state index contributed by atoms with van der Waals surface area (Å²) in [6.45, 7) is 2.23. The normalized spacial score (nSPS) is 13.7. The van der Waals surface area contributed by atoms with Crippen LogP contribution in [0.5, 0.6) is 0 Å². The van der Waals surface area contributed by atoms with Gasteiger partial charge in [-0.25, -0.2) is 14.8 Å². The van der Waals surface area contributed by atoms with Crippen LogP contribution < -0.4 is 4.90 Å². The molecule has 2 heterocycles. The zero-order chi connectivity index (χ0) is 16.6. The van der Waals surface area contributed by atoms with Gasteiger partial charge in [0, 0.05) is 17.4 Å². The van der Waals surface area contributed by atoms with Crippen molar-refractivity contribution in [2.45, 2.75) is 19.9 Å². The van der Waals surface area contributed by atoms with Gasteiger partial charge in [0.25, 0.3) is 0 Å². The van der Waals surface area contributed by atoms with Gasteiger partial charge in [0.15, 0.2) is 0 Å². The fourth-order valence-corrected chi connectivity index (χ4v) is 2.72. The number of carbonyl (C=O) groups excluding carboxylic acids is 2. The van der Waals surface area contributed by atoms with Crippen molar-refractivity contribution < 1.29 is 14.3 Å². The molecule has 1 aromatic heterocycles. The maximum absolute atomic E-state index is 12.5. The van der Waals surface area contributed by atoms with Gasteiger partial charge in [-0.05, 0) is 36.2 Å². The van der Waals surface area contributed by atoms with Gasteiger partial charge in [-0.2, -0.15) is 0 Å². The monoisotopic (exact) mass is 331 g/mol. The summed E-state index contributed by atoms with van der Waals surface area (Å²) < 4.78 is 4.74. The smallest absolute Gasteiger partial charge is 0.337 e. The third-order valence-corrected chi connectivity index (χ3v) is 3.98. The third-order valence-electron chi connectivity index (χ3n) is 3.79. The average Bonchev–Trinajstić information content (AvgIpc) is 2.54. The first-order valence-electron chi connectivity index (χ1n) is 6.99. The number of fused-ring (bicyclic) bond motifs is 1. The standard InChI is InChI=1S/C16H14ClN3O3/c1-9-3-4-10(15(22)23-2)5-13(9)20-8-11-7-18-16(17)19-12(11)6-14(20)21/h3-5,7H,6,8H2,1-2H3. The molecule has 1 amide bonds. The maximum Gasteiger partial charge on any atom is 0.337 e. The van der Waals surface area contributed by atoms with E-state index >= 15 is 0 Å². The molecular weight excluding hydrogens is 318 g/mol. The molecule has 0 radical (unpaired) electrons. The summed E-state index contributed by atoms with van der Waals surface area (Å²) in [6, 6.07) is 5.14. The van der Waals surface area contributed by atoms with E-state index in [9.17, 15) is 9.59 Å². The lowest BCUT2D eigenvalue weighted by Gasteiger charge is -2.29. The Bertz CT molecular complexity index is 807. The Hall–Kier alpha value is -2.47. The molecule has 0 aliphatic carbocycles. The molecule has 118 valence electrons. The lowest BCUT2D eigenvalue weighted by molar-refractivity contribution is -0.118. The van der Waals surface area contributed by atoms with Gasteiger partial charge in [-0.1, -0.05) is 6.07 Å². The van der Waals surface area contributed by atoms with Crippen molar-refractivity contribution in [3.63, 3.8) is 0 Å². The predicted octanol–water partition coefficient (Wildman–Crippen LogP) is 2.31.